The van der Waals surface area contributed by atoms with Crippen LogP contribution in [0.25, 0.3) is 0 Å². The third kappa shape index (κ3) is 4.20. The zero-order valence-electron chi connectivity index (χ0n) is 10.8. The van der Waals surface area contributed by atoms with Gasteiger partial charge in [-0.1, -0.05) is 11.6 Å². The minimum atomic E-state index is -3.68. The Morgan fingerprint density at radius 3 is 2.67 bits per heavy atom. The molecule has 0 atom stereocenters. The smallest absolute Gasteiger partial charge is 0.263 e. The number of anilines is 1. The Labute approximate surface area is 149 Å². The second-order valence-corrected chi connectivity index (χ2v) is 9.51. The maximum Gasteiger partial charge on any atom is 0.263 e. The molecule has 9 heteroatoms. The number of nitrogens with one attached hydrogen (secondary N) is 2. The van der Waals surface area contributed by atoms with E-state index in [1.54, 1.807) is 24.3 Å². The molecule has 2 aromatic rings. The number of rotatable bonds is 5. The summed E-state index contributed by atoms with van der Waals surface area (Å²) in [5, 5.41) is 3.45. The summed E-state index contributed by atoms with van der Waals surface area (Å²) in [5.74, 6) is 0. The van der Waals surface area contributed by atoms with Gasteiger partial charge in [0.2, 0.25) is 0 Å². The maximum absolute atomic E-state index is 12.5. The minimum absolute atomic E-state index is 0.213. The molecular weight excluding hydrogens is 464 g/mol. The molecule has 2 N–H and O–H groups in total. The Bertz CT molecular complexity index is 763. The van der Waals surface area contributed by atoms with Crippen LogP contribution in [-0.4, -0.2) is 15.5 Å². The van der Waals surface area contributed by atoms with Crippen molar-refractivity contribution >= 4 is 70.5 Å². The lowest BCUT2D eigenvalue weighted by Gasteiger charge is -2.09. The molecule has 21 heavy (non-hydrogen) atoms. The summed E-state index contributed by atoms with van der Waals surface area (Å²) in [5.41, 5.74) is 0.399. The summed E-state index contributed by atoms with van der Waals surface area (Å²) >= 11 is 13.9. The Balaban J connectivity index is 2.36. The first kappa shape index (κ1) is 17.2. The molecule has 0 aliphatic heterocycles. The van der Waals surface area contributed by atoms with Gasteiger partial charge in [-0.05, 0) is 63.2 Å². The van der Waals surface area contributed by atoms with E-state index in [4.69, 9.17) is 11.6 Å². The van der Waals surface area contributed by atoms with Crippen molar-refractivity contribution in [2.45, 2.75) is 11.4 Å². The topological polar surface area (TPSA) is 58.2 Å². The summed E-state index contributed by atoms with van der Waals surface area (Å²) in [7, 11) is -1.87. The van der Waals surface area contributed by atoms with E-state index in [1.165, 1.54) is 11.3 Å². The predicted molar refractivity (Wildman–Crippen MR) is 94.7 cm³/mol. The molecule has 4 nitrogen and oxygen atoms in total. The Morgan fingerprint density at radius 2 is 2.00 bits per heavy atom. The first-order chi connectivity index (χ1) is 9.83. The van der Waals surface area contributed by atoms with Gasteiger partial charge >= 0.3 is 0 Å². The molecule has 0 unspecified atom stereocenters. The van der Waals surface area contributed by atoms with E-state index in [9.17, 15) is 8.42 Å². The number of benzene rings is 1. The van der Waals surface area contributed by atoms with E-state index in [1.807, 2.05) is 7.05 Å². The molecule has 0 radical (unpaired) electrons. The highest BCUT2D eigenvalue weighted by Gasteiger charge is 2.22. The minimum Gasteiger partial charge on any atom is -0.315 e. The number of thiophene rings is 1. The van der Waals surface area contributed by atoms with E-state index < -0.39 is 10.0 Å². The predicted octanol–water partition coefficient (Wildman–Crippen LogP) is 4.45. The summed E-state index contributed by atoms with van der Waals surface area (Å²) < 4.78 is 28.7. The van der Waals surface area contributed by atoms with Gasteiger partial charge in [0.1, 0.15) is 4.90 Å². The lowest BCUT2D eigenvalue weighted by molar-refractivity contribution is 0.601. The fourth-order valence-corrected chi connectivity index (χ4v) is 6.03. The molecule has 0 aliphatic carbocycles. The van der Waals surface area contributed by atoms with Crippen molar-refractivity contribution in [1.82, 2.24) is 5.32 Å². The first-order valence-electron chi connectivity index (χ1n) is 5.74. The van der Waals surface area contributed by atoms with Crippen molar-refractivity contribution in [3.8, 4) is 0 Å². The van der Waals surface area contributed by atoms with Crippen LogP contribution in [0.5, 0.6) is 0 Å². The average molecular weight is 475 g/mol. The summed E-state index contributed by atoms with van der Waals surface area (Å²) in [6.07, 6.45) is 0. The second kappa shape index (κ2) is 6.97. The van der Waals surface area contributed by atoms with Gasteiger partial charge in [0, 0.05) is 20.9 Å². The summed E-state index contributed by atoms with van der Waals surface area (Å²) in [4.78, 5) is 1.14. The van der Waals surface area contributed by atoms with Gasteiger partial charge < -0.3 is 5.32 Å². The Hall–Kier alpha value is -0.120. The van der Waals surface area contributed by atoms with Crippen LogP contribution < -0.4 is 10.0 Å². The van der Waals surface area contributed by atoms with Crippen molar-refractivity contribution in [3.63, 3.8) is 0 Å². The molecule has 0 fully saturated rings. The van der Waals surface area contributed by atoms with Crippen molar-refractivity contribution in [2.24, 2.45) is 0 Å². The highest BCUT2D eigenvalue weighted by Crippen LogP contribution is 2.34. The van der Waals surface area contributed by atoms with Gasteiger partial charge in [0.25, 0.3) is 10.0 Å². The van der Waals surface area contributed by atoms with Crippen LogP contribution in [0.1, 0.15) is 4.88 Å². The lowest BCUT2D eigenvalue weighted by Crippen LogP contribution is -2.13. The molecule has 0 saturated heterocycles. The van der Waals surface area contributed by atoms with E-state index in [0.717, 1.165) is 4.88 Å². The third-order valence-electron chi connectivity index (χ3n) is 2.52. The van der Waals surface area contributed by atoms with Crippen LogP contribution in [-0.2, 0) is 16.6 Å². The van der Waals surface area contributed by atoms with Gasteiger partial charge in [-0.2, -0.15) is 0 Å². The van der Waals surface area contributed by atoms with Crippen LogP contribution in [0.15, 0.2) is 37.4 Å². The lowest BCUT2D eigenvalue weighted by atomic mass is 10.3. The molecule has 2 rings (SSSR count). The van der Waals surface area contributed by atoms with Crippen LogP contribution in [0.4, 0.5) is 5.69 Å². The van der Waals surface area contributed by atoms with Crippen molar-refractivity contribution in [2.75, 3.05) is 11.8 Å². The van der Waals surface area contributed by atoms with Crippen LogP contribution in [0.2, 0.25) is 5.02 Å². The number of halogens is 3. The zero-order valence-corrected chi connectivity index (χ0v) is 16.3. The van der Waals surface area contributed by atoms with Gasteiger partial charge in [0.15, 0.2) is 0 Å². The molecule has 0 bridgehead atoms. The second-order valence-electron chi connectivity index (χ2n) is 4.11. The summed E-state index contributed by atoms with van der Waals surface area (Å²) in [6, 6.07) is 6.56. The van der Waals surface area contributed by atoms with Crippen LogP contribution >= 0.6 is 54.8 Å². The average Bonchev–Trinajstić information content (AvgIpc) is 2.76. The largest absolute Gasteiger partial charge is 0.315 e. The molecule has 114 valence electrons. The highest BCUT2D eigenvalue weighted by atomic mass is 79.9. The van der Waals surface area contributed by atoms with Crippen molar-refractivity contribution in [1.29, 1.82) is 0 Å². The van der Waals surface area contributed by atoms with Crippen LogP contribution in [0, 0.1) is 0 Å². The van der Waals surface area contributed by atoms with Gasteiger partial charge in [-0.3, -0.25) is 4.72 Å². The Kier molecular flexibility index (Phi) is 5.72. The SMILES string of the molecule is CNCc1cc(S(=O)(=O)Nc2cc(Cl)ccc2Br)c(Br)s1. The first-order valence-corrected chi connectivity index (χ1v) is 10.0. The number of sulfonamides is 1. The normalized spacial score (nSPS) is 11.6. The van der Waals surface area contributed by atoms with Gasteiger partial charge in [0.05, 0.1) is 9.47 Å². The molecule has 0 aliphatic rings. The van der Waals surface area contributed by atoms with E-state index >= 15 is 0 Å². The van der Waals surface area contributed by atoms with Crippen molar-refractivity contribution in [3.05, 3.63) is 42.4 Å². The molecule has 0 amide bonds. The molecular formula is C12H11Br2ClN2O2S2. The van der Waals surface area contributed by atoms with E-state index in [-0.39, 0.29) is 4.90 Å². The van der Waals surface area contributed by atoms with Crippen molar-refractivity contribution < 1.29 is 8.42 Å². The monoisotopic (exact) mass is 472 g/mol. The van der Waals surface area contributed by atoms with Crippen LogP contribution in [0.3, 0.4) is 0 Å². The molecule has 1 heterocycles. The molecule has 0 saturated carbocycles. The fourth-order valence-electron chi connectivity index (χ4n) is 1.62. The van der Waals surface area contributed by atoms with Gasteiger partial charge in [-0.25, -0.2) is 8.42 Å². The molecule has 1 aromatic carbocycles. The summed E-state index contributed by atoms with van der Waals surface area (Å²) in [6.45, 7) is 0.611. The Morgan fingerprint density at radius 1 is 1.29 bits per heavy atom. The molecule has 0 spiro atoms. The molecule has 1 aromatic heterocycles. The number of hydrogen-bond donors (Lipinski definition) is 2. The third-order valence-corrected chi connectivity index (χ3v) is 7.06. The quantitative estimate of drug-likeness (QED) is 0.673. The zero-order chi connectivity index (χ0) is 15.6. The van der Waals surface area contributed by atoms with E-state index in [2.05, 4.69) is 41.9 Å². The number of hydrogen-bond acceptors (Lipinski definition) is 4. The van der Waals surface area contributed by atoms with E-state index in [0.29, 0.717) is 25.5 Å². The maximum atomic E-state index is 12.5. The fraction of sp³-hybridized carbons (Fsp3) is 0.167. The highest BCUT2D eigenvalue weighted by molar-refractivity contribution is 9.11. The standard InChI is InChI=1S/C12H11Br2ClN2O2S2/c1-16-6-8-5-11(12(14)20-8)21(18,19)17-10-4-7(15)2-3-9(10)13/h2-5,16-17H,6H2,1H3. The van der Waals surface area contributed by atoms with Gasteiger partial charge in [-0.15, -0.1) is 11.3 Å².